The van der Waals surface area contributed by atoms with Crippen LogP contribution in [0.25, 0.3) is 0 Å². The molecule has 0 fully saturated rings. The van der Waals surface area contributed by atoms with Crippen molar-refractivity contribution in [2.45, 2.75) is 39.7 Å². The van der Waals surface area contributed by atoms with Crippen molar-refractivity contribution in [2.75, 3.05) is 6.54 Å². The number of hydrogen-bond acceptors (Lipinski definition) is 3. The van der Waals surface area contributed by atoms with E-state index >= 15 is 0 Å². The first-order chi connectivity index (χ1) is 10.1. The van der Waals surface area contributed by atoms with Gasteiger partial charge < -0.3 is 5.32 Å². The summed E-state index contributed by atoms with van der Waals surface area (Å²) in [6.07, 6.45) is 2.07. The molecule has 1 atom stereocenters. The van der Waals surface area contributed by atoms with Gasteiger partial charge in [-0.3, -0.25) is 0 Å². The minimum Gasteiger partial charge on any atom is -0.304 e. The van der Waals surface area contributed by atoms with Crippen LogP contribution in [0, 0.1) is 6.92 Å². The zero-order valence-electron chi connectivity index (χ0n) is 12.5. The largest absolute Gasteiger partial charge is 0.304 e. The Morgan fingerprint density at radius 3 is 2.71 bits per heavy atom. The highest BCUT2D eigenvalue weighted by atomic mass is 79.9. The third kappa shape index (κ3) is 4.07. The predicted molar refractivity (Wildman–Crippen MR) is 95.5 cm³/mol. The molecule has 1 aromatic heterocycles. The Bertz CT molecular complexity index is 612. The van der Waals surface area contributed by atoms with E-state index in [1.54, 1.807) is 11.3 Å². The third-order valence-corrected chi connectivity index (χ3v) is 5.66. The van der Waals surface area contributed by atoms with Crippen molar-refractivity contribution < 1.29 is 0 Å². The molecule has 0 amide bonds. The molecule has 1 unspecified atom stereocenters. The summed E-state index contributed by atoms with van der Waals surface area (Å²) >= 11 is 11.4. The van der Waals surface area contributed by atoms with E-state index in [1.165, 1.54) is 16.1 Å². The lowest BCUT2D eigenvalue weighted by Gasteiger charge is -2.17. The van der Waals surface area contributed by atoms with E-state index in [0.29, 0.717) is 0 Å². The maximum absolute atomic E-state index is 6.11. The van der Waals surface area contributed by atoms with E-state index in [9.17, 15) is 0 Å². The first kappa shape index (κ1) is 16.9. The molecule has 0 saturated heterocycles. The number of aryl methyl sites for hydroxylation is 2. The quantitative estimate of drug-likeness (QED) is 0.706. The van der Waals surface area contributed by atoms with E-state index in [-0.39, 0.29) is 6.04 Å². The average molecular weight is 388 g/mol. The van der Waals surface area contributed by atoms with Crippen molar-refractivity contribution >= 4 is 38.9 Å². The molecule has 0 bridgehead atoms. The summed E-state index contributed by atoms with van der Waals surface area (Å²) in [7, 11) is 0. The van der Waals surface area contributed by atoms with Gasteiger partial charge in [-0.1, -0.05) is 31.5 Å². The molecule has 0 aliphatic rings. The number of thiazole rings is 1. The zero-order chi connectivity index (χ0) is 15.4. The van der Waals surface area contributed by atoms with Crippen LogP contribution in [0.3, 0.4) is 0 Å². The van der Waals surface area contributed by atoms with Gasteiger partial charge in [0.25, 0.3) is 0 Å². The molecular weight excluding hydrogens is 368 g/mol. The van der Waals surface area contributed by atoms with Crippen molar-refractivity contribution in [3.63, 3.8) is 0 Å². The van der Waals surface area contributed by atoms with Crippen molar-refractivity contribution in [2.24, 2.45) is 0 Å². The Morgan fingerprint density at radius 1 is 1.38 bits per heavy atom. The van der Waals surface area contributed by atoms with Gasteiger partial charge in [0.15, 0.2) is 0 Å². The number of nitrogens with one attached hydrogen (secondary N) is 1. The number of hydrogen-bond donors (Lipinski definition) is 1. The second-order valence-electron chi connectivity index (χ2n) is 4.97. The maximum Gasteiger partial charge on any atom is 0.115 e. The Kier molecular flexibility index (Phi) is 6.23. The van der Waals surface area contributed by atoms with E-state index in [4.69, 9.17) is 16.6 Å². The van der Waals surface area contributed by atoms with Crippen LogP contribution in [0.1, 0.15) is 47.5 Å². The van der Waals surface area contributed by atoms with E-state index in [2.05, 4.69) is 54.2 Å². The molecule has 0 spiro atoms. The third-order valence-electron chi connectivity index (χ3n) is 3.37. The first-order valence-corrected chi connectivity index (χ1v) is 9.20. The van der Waals surface area contributed by atoms with Gasteiger partial charge in [0.2, 0.25) is 0 Å². The van der Waals surface area contributed by atoms with Gasteiger partial charge in [-0.15, -0.1) is 11.3 Å². The Balaban J connectivity index is 2.38. The summed E-state index contributed by atoms with van der Waals surface area (Å²) in [5, 5.41) is 5.46. The lowest BCUT2D eigenvalue weighted by atomic mass is 10.1. The zero-order valence-corrected chi connectivity index (χ0v) is 15.7. The van der Waals surface area contributed by atoms with Gasteiger partial charge in [0, 0.05) is 9.35 Å². The lowest BCUT2D eigenvalue weighted by molar-refractivity contribution is 0.594. The molecule has 0 aliphatic carbocycles. The van der Waals surface area contributed by atoms with Crippen molar-refractivity contribution in [1.29, 1.82) is 0 Å². The van der Waals surface area contributed by atoms with Gasteiger partial charge in [-0.25, -0.2) is 4.98 Å². The lowest BCUT2D eigenvalue weighted by Crippen LogP contribution is -2.23. The van der Waals surface area contributed by atoms with Crippen molar-refractivity contribution in [3.8, 4) is 0 Å². The van der Waals surface area contributed by atoms with Crippen LogP contribution < -0.4 is 5.32 Å². The predicted octanol–water partition coefficient (Wildman–Crippen LogP) is 5.52. The normalized spacial score (nSPS) is 12.6. The van der Waals surface area contributed by atoms with Gasteiger partial charge in [-0.2, -0.15) is 0 Å². The van der Waals surface area contributed by atoms with Crippen LogP contribution in [0.5, 0.6) is 0 Å². The number of nitrogens with zero attached hydrogens (tertiary/aromatic N) is 1. The monoisotopic (exact) mass is 386 g/mol. The molecule has 1 N–H and O–H groups in total. The summed E-state index contributed by atoms with van der Waals surface area (Å²) in [5.41, 5.74) is 2.39. The molecule has 21 heavy (non-hydrogen) atoms. The topological polar surface area (TPSA) is 24.9 Å². The van der Waals surface area contributed by atoms with Crippen molar-refractivity contribution in [3.05, 3.63) is 48.8 Å². The van der Waals surface area contributed by atoms with Gasteiger partial charge in [0.05, 0.1) is 16.8 Å². The van der Waals surface area contributed by atoms with E-state index in [1.807, 2.05) is 6.07 Å². The minimum atomic E-state index is 0.127. The smallest absolute Gasteiger partial charge is 0.115 e. The summed E-state index contributed by atoms with van der Waals surface area (Å²) < 4.78 is 0.925. The highest BCUT2D eigenvalue weighted by Crippen LogP contribution is 2.32. The van der Waals surface area contributed by atoms with Crippen LogP contribution in [0.2, 0.25) is 5.02 Å². The summed E-state index contributed by atoms with van der Waals surface area (Å²) in [5.74, 6) is 0. The molecule has 2 nitrogen and oxygen atoms in total. The molecule has 5 heteroatoms. The summed E-state index contributed by atoms with van der Waals surface area (Å²) in [4.78, 5) is 6.13. The molecule has 114 valence electrons. The summed E-state index contributed by atoms with van der Waals surface area (Å²) in [6.45, 7) is 7.44. The Labute approximate surface area is 144 Å². The Hall–Kier alpha value is -0.420. The maximum atomic E-state index is 6.11. The van der Waals surface area contributed by atoms with Crippen LogP contribution in [-0.4, -0.2) is 11.5 Å². The van der Waals surface area contributed by atoms with Crippen LogP contribution in [-0.2, 0) is 6.42 Å². The number of rotatable bonds is 6. The van der Waals surface area contributed by atoms with Crippen LogP contribution >= 0.6 is 38.9 Å². The minimum absolute atomic E-state index is 0.127. The summed E-state index contributed by atoms with van der Waals surface area (Å²) in [6, 6.07) is 6.21. The second kappa shape index (κ2) is 7.73. The molecular formula is C16H20BrClN2S. The highest BCUT2D eigenvalue weighted by molar-refractivity contribution is 9.10. The fourth-order valence-electron chi connectivity index (χ4n) is 2.23. The highest BCUT2D eigenvalue weighted by Gasteiger charge is 2.19. The fraction of sp³-hybridized carbons (Fsp3) is 0.438. The molecule has 2 aromatic rings. The molecule has 0 aliphatic heterocycles. The van der Waals surface area contributed by atoms with Crippen LogP contribution in [0.4, 0.5) is 0 Å². The van der Waals surface area contributed by atoms with E-state index in [0.717, 1.165) is 33.9 Å². The van der Waals surface area contributed by atoms with Crippen LogP contribution in [0.15, 0.2) is 22.7 Å². The average Bonchev–Trinajstić information content (AvgIpc) is 2.84. The number of aromatic nitrogens is 1. The second-order valence-corrected chi connectivity index (χ2v) is 7.47. The van der Waals surface area contributed by atoms with Gasteiger partial charge >= 0.3 is 0 Å². The standard InChI is InChI=1S/C16H20BrClN2S/c1-4-8-19-15(11-6-7-13(18)12(17)9-11)16-20-14(5-2)10(3)21-16/h6-7,9,15,19H,4-5,8H2,1-3H3. The van der Waals surface area contributed by atoms with Gasteiger partial charge in [0.1, 0.15) is 5.01 Å². The Morgan fingerprint density at radius 2 is 2.14 bits per heavy atom. The number of halogens is 2. The number of benzene rings is 1. The van der Waals surface area contributed by atoms with E-state index < -0.39 is 0 Å². The SMILES string of the molecule is CCCNC(c1ccc(Cl)c(Br)c1)c1nc(CC)c(C)s1. The molecule has 0 radical (unpaired) electrons. The van der Waals surface area contributed by atoms with Gasteiger partial charge in [-0.05, 0) is 59.9 Å². The molecule has 0 saturated carbocycles. The van der Waals surface area contributed by atoms with Crippen molar-refractivity contribution in [1.82, 2.24) is 10.3 Å². The molecule has 1 aromatic carbocycles. The molecule has 1 heterocycles. The molecule has 2 rings (SSSR count). The fourth-order valence-corrected chi connectivity index (χ4v) is 3.86. The first-order valence-electron chi connectivity index (χ1n) is 7.21.